The maximum atomic E-state index is 9.33. The van der Waals surface area contributed by atoms with Crippen LogP contribution < -0.4 is 0 Å². The highest BCUT2D eigenvalue weighted by molar-refractivity contribution is 7.12. The summed E-state index contributed by atoms with van der Waals surface area (Å²) >= 11 is 9.06. The van der Waals surface area contributed by atoms with E-state index in [1.54, 1.807) is 11.3 Å². The van der Waals surface area contributed by atoms with Crippen molar-refractivity contribution in [2.24, 2.45) is 0 Å². The fourth-order valence-corrected chi connectivity index (χ4v) is 3.48. The van der Waals surface area contributed by atoms with Crippen LogP contribution in [-0.4, -0.2) is 4.98 Å². The topological polar surface area (TPSA) is 36.7 Å². The second kappa shape index (κ2) is 6.23. The van der Waals surface area contributed by atoms with Crippen molar-refractivity contribution in [3.63, 3.8) is 0 Å². The smallest absolute Gasteiger partial charge is 0.134 e. The standard InChI is InChI=1S/C16H9ClN2S2/c17-13-4-1-3-11(7-13)15-10-21-16(19-15)12(9-18)8-14-5-2-6-20-14/h1-8,10H. The number of benzene rings is 1. The summed E-state index contributed by atoms with van der Waals surface area (Å²) in [6, 6.07) is 13.7. The molecule has 0 saturated carbocycles. The van der Waals surface area contributed by atoms with Crippen molar-refractivity contribution in [1.82, 2.24) is 4.98 Å². The van der Waals surface area contributed by atoms with Crippen molar-refractivity contribution >= 4 is 45.9 Å². The molecule has 0 aliphatic carbocycles. The van der Waals surface area contributed by atoms with Gasteiger partial charge >= 0.3 is 0 Å². The van der Waals surface area contributed by atoms with Gasteiger partial charge in [-0.2, -0.15) is 5.26 Å². The lowest BCUT2D eigenvalue weighted by Crippen LogP contribution is -1.82. The first-order valence-electron chi connectivity index (χ1n) is 6.13. The summed E-state index contributed by atoms with van der Waals surface area (Å²) in [6.45, 7) is 0. The lowest BCUT2D eigenvalue weighted by molar-refractivity contribution is 1.37. The Hall–Kier alpha value is -1.93. The Bertz CT molecular complexity index is 826. The zero-order valence-corrected chi connectivity index (χ0v) is 13.2. The molecule has 0 atom stereocenters. The molecular formula is C16H9ClN2S2. The van der Waals surface area contributed by atoms with E-state index in [-0.39, 0.29) is 0 Å². The molecule has 0 spiro atoms. The molecule has 0 aliphatic rings. The molecule has 0 N–H and O–H groups in total. The van der Waals surface area contributed by atoms with Gasteiger partial charge in [0, 0.05) is 20.8 Å². The van der Waals surface area contributed by atoms with Gasteiger partial charge in [0.05, 0.1) is 11.3 Å². The van der Waals surface area contributed by atoms with Gasteiger partial charge in [0.1, 0.15) is 11.1 Å². The van der Waals surface area contributed by atoms with Gasteiger partial charge in [-0.05, 0) is 29.7 Å². The summed E-state index contributed by atoms with van der Waals surface area (Å²) in [5, 5.41) is 14.7. The Balaban J connectivity index is 1.96. The minimum atomic E-state index is 0.579. The Labute approximate surface area is 135 Å². The summed E-state index contributed by atoms with van der Waals surface area (Å²) in [4.78, 5) is 5.59. The third-order valence-corrected chi connectivity index (χ3v) is 4.74. The largest absolute Gasteiger partial charge is 0.235 e. The zero-order valence-electron chi connectivity index (χ0n) is 10.8. The number of hydrogen-bond acceptors (Lipinski definition) is 4. The summed E-state index contributed by atoms with van der Waals surface area (Å²) in [5.41, 5.74) is 2.37. The zero-order chi connectivity index (χ0) is 14.7. The van der Waals surface area contributed by atoms with Crippen LogP contribution in [-0.2, 0) is 0 Å². The Morgan fingerprint density at radius 1 is 1.24 bits per heavy atom. The maximum Gasteiger partial charge on any atom is 0.134 e. The average molecular weight is 329 g/mol. The summed E-state index contributed by atoms with van der Waals surface area (Å²) in [5.74, 6) is 0. The molecule has 0 aliphatic heterocycles. The Morgan fingerprint density at radius 2 is 2.14 bits per heavy atom. The first-order valence-corrected chi connectivity index (χ1v) is 8.27. The third kappa shape index (κ3) is 3.22. The molecule has 1 aromatic carbocycles. The van der Waals surface area contributed by atoms with Gasteiger partial charge in [-0.3, -0.25) is 0 Å². The predicted octanol–water partition coefficient (Wildman–Crippen LogP) is 5.59. The number of aromatic nitrogens is 1. The van der Waals surface area contributed by atoms with Crippen molar-refractivity contribution in [2.75, 3.05) is 0 Å². The van der Waals surface area contributed by atoms with E-state index >= 15 is 0 Å². The molecule has 3 rings (SSSR count). The number of nitrogens with zero attached hydrogens (tertiary/aromatic N) is 2. The van der Waals surface area contributed by atoms with E-state index in [0.717, 1.165) is 21.1 Å². The van der Waals surface area contributed by atoms with Crippen LogP contribution in [0.15, 0.2) is 47.2 Å². The van der Waals surface area contributed by atoms with Gasteiger partial charge in [0.15, 0.2) is 0 Å². The summed E-state index contributed by atoms with van der Waals surface area (Å²) < 4.78 is 0. The van der Waals surface area contributed by atoms with Gasteiger partial charge in [0.25, 0.3) is 0 Å². The van der Waals surface area contributed by atoms with Crippen LogP contribution in [0.25, 0.3) is 22.9 Å². The highest BCUT2D eigenvalue weighted by atomic mass is 35.5. The van der Waals surface area contributed by atoms with Gasteiger partial charge in [-0.1, -0.05) is 29.8 Å². The van der Waals surface area contributed by atoms with Crippen molar-refractivity contribution in [1.29, 1.82) is 5.26 Å². The molecule has 5 heteroatoms. The number of thiophene rings is 1. The molecule has 0 bridgehead atoms. The maximum absolute atomic E-state index is 9.33. The van der Waals surface area contributed by atoms with E-state index in [2.05, 4.69) is 11.1 Å². The van der Waals surface area contributed by atoms with Gasteiger partial charge in [0.2, 0.25) is 0 Å². The summed E-state index contributed by atoms with van der Waals surface area (Å²) in [7, 11) is 0. The molecule has 3 aromatic rings. The molecule has 0 amide bonds. The molecule has 2 nitrogen and oxygen atoms in total. The highest BCUT2D eigenvalue weighted by Gasteiger charge is 2.09. The quantitative estimate of drug-likeness (QED) is 0.588. The number of hydrogen-bond donors (Lipinski definition) is 0. The van der Waals surface area contributed by atoms with Gasteiger partial charge in [-0.15, -0.1) is 22.7 Å². The highest BCUT2D eigenvalue weighted by Crippen LogP contribution is 2.28. The van der Waals surface area contributed by atoms with E-state index in [0.29, 0.717) is 10.6 Å². The number of rotatable bonds is 3. The Morgan fingerprint density at radius 3 is 2.86 bits per heavy atom. The van der Waals surface area contributed by atoms with Crippen LogP contribution in [0.3, 0.4) is 0 Å². The van der Waals surface area contributed by atoms with Crippen LogP contribution in [0.1, 0.15) is 9.88 Å². The first-order chi connectivity index (χ1) is 10.3. The summed E-state index contributed by atoms with van der Waals surface area (Å²) in [6.07, 6.45) is 1.87. The monoisotopic (exact) mass is 328 g/mol. The number of halogens is 1. The van der Waals surface area contributed by atoms with Crippen LogP contribution in [0.5, 0.6) is 0 Å². The minimum Gasteiger partial charge on any atom is -0.235 e. The van der Waals surface area contributed by atoms with E-state index in [1.807, 2.05) is 53.2 Å². The van der Waals surface area contributed by atoms with Crippen molar-refractivity contribution in [3.05, 3.63) is 62.1 Å². The number of nitriles is 1. The lowest BCUT2D eigenvalue weighted by Gasteiger charge is -1.96. The molecule has 0 unspecified atom stereocenters. The number of allylic oxidation sites excluding steroid dienone is 1. The molecular weight excluding hydrogens is 320 g/mol. The van der Waals surface area contributed by atoms with Gasteiger partial charge in [-0.25, -0.2) is 4.98 Å². The van der Waals surface area contributed by atoms with Crippen LogP contribution in [0.4, 0.5) is 0 Å². The van der Waals surface area contributed by atoms with Crippen LogP contribution in [0.2, 0.25) is 5.02 Å². The third-order valence-electron chi connectivity index (χ3n) is 2.81. The predicted molar refractivity (Wildman–Crippen MR) is 90.4 cm³/mol. The molecule has 102 valence electrons. The molecule has 0 saturated heterocycles. The molecule has 2 aromatic heterocycles. The lowest BCUT2D eigenvalue weighted by atomic mass is 10.2. The molecule has 0 fully saturated rings. The second-order valence-electron chi connectivity index (χ2n) is 4.23. The fourth-order valence-electron chi connectivity index (χ4n) is 1.84. The van der Waals surface area contributed by atoms with E-state index in [1.165, 1.54) is 11.3 Å². The SMILES string of the molecule is N#CC(=Cc1cccs1)c1nc(-c2cccc(Cl)c2)cs1. The van der Waals surface area contributed by atoms with Crippen LogP contribution in [0, 0.1) is 11.3 Å². The Kier molecular flexibility index (Phi) is 4.16. The van der Waals surface area contributed by atoms with E-state index in [9.17, 15) is 5.26 Å². The number of thiazole rings is 1. The van der Waals surface area contributed by atoms with E-state index < -0.39 is 0 Å². The van der Waals surface area contributed by atoms with E-state index in [4.69, 9.17) is 11.6 Å². The normalized spacial score (nSPS) is 11.3. The first kappa shape index (κ1) is 14.0. The average Bonchev–Trinajstić information content (AvgIpc) is 3.16. The molecule has 2 heterocycles. The molecule has 0 radical (unpaired) electrons. The second-order valence-corrected chi connectivity index (χ2v) is 6.51. The van der Waals surface area contributed by atoms with Crippen molar-refractivity contribution in [3.8, 4) is 17.3 Å². The fraction of sp³-hybridized carbons (Fsp3) is 0. The van der Waals surface area contributed by atoms with Crippen molar-refractivity contribution in [2.45, 2.75) is 0 Å². The van der Waals surface area contributed by atoms with Crippen LogP contribution >= 0.6 is 34.3 Å². The molecule has 21 heavy (non-hydrogen) atoms. The van der Waals surface area contributed by atoms with Crippen molar-refractivity contribution < 1.29 is 0 Å². The van der Waals surface area contributed by atoms with Gasteiger partial charge < -0.3 is 0 Å². The minimum absolute atomic E-state index is 0.579.